The highest BCUT2D eigenvalue weighted by atomic mass is 16.5. The van der Waals surface area contributed by atoms with Crippen molar-refractivity contribution in [3.8, 4) is 5.75 Å². The Morgan fingerprint density at radius 1 is 1.11 bits per heavy atom. The first-order valence-electron chi connectivity index (χ1n) is 9.40. The van der Waals surface area contributed by atoms with Gasteiger partial charge in [-0.1, -0.05) is 25.0 Å². The number of hydrogen-bond acceptors (Lipinski definition) is 4. The second-order valence-corrected chi connectivity index (χ2v) is 6.52. The number of imidazole rings is 1. The Labute approximate surface area is 159 Å². The molecule has 3 N–H and O–H groups in total. The molecule has 1 amide bonds. The van der Waals surface area contributed by atoms with Gasteiger partial charge in [0.05, 0.1) is 5.69 Å². The van der Waals surface area contributed by atoms with Crippen LogP contribution in [0, 0.1) is 0 Å². The minimum Gasteiger partial charge on any atom is -0.487 e. The van der Waals surface area contributed by atoms with E-state index in [1.165, 1.54) is 0 Å². The first-order chi connectivity index (χ1) is 13.2. The largest absolute Gasteiger partial charge is 0.487 e. The van der Waals surface area contributed by atoms with Crippen LogP contribution in [-0.4, -0.2) is 21.8 Å². The predicted molar refractivity (Wildman–Crippen MR) is 107 cm³/mol. The molecule has 0 saturated carbocycles. The van der Waals surface area contributed by atoms with Gasteiger partial charge >= 0.3 is 0 Å². The maximum absolute atomic E-state index is 12.0. The molecule has 3 rings (SSSR count). The van der Waals surface area contributed by atoms with E-state index in [-0.39, 0.29) is 5.91 Å². The molecule has 3 aromatic rings. The zero-order chi connectivity index (χ0) is 18.9. The number of pyridine rings is 1. The van der Waals surface area contributed by atoms with Gasteiger partial charge in [-0.15, -0.1) is 0 Å². The van der Waals surface area contributed by atoms with E-state index in [4.69, 9.17) is 10.5 Å². The summed E-state index contributed by atoms with van der Waals surface area (Å²) in [5, 5.41) is 2.93. The van der Waals surface area contributed by atoms with E-state index in [1.807, 2.05) is 59.3 Å². The van der Waals surface area contributed by atoms with Crippen LogP contribution in [0.25, 0.3) is 5.65 Å². The third-order valence-corrected chi connectivity index (χ3v) is 4.28. The number of nitrogens with one attached hydrogen (secondary N) is 1. The summed E-state index contributed by atoms with van der Waals surface area (Å²) in [5.41, 5.74) is 7.96. The van der Waals surface area contributed by atoms with Gasteiger partial charge in [-0.2, -0.15) is 0 Å². The Hall–Kier alpha value is -2.86. The van der Waals surface area contributed by atoms with Crippen molar-refractivity contribution in [2.75, 3.05) is 11.9 Å². The summed E-state index contributed by atoms with van der Waals surface area (Å²) in [6, 6.07) is 13.3. The van der Waals surface area contributed by atoms with Crippen LogP contribution >= 0.6 is 0 Å². The third-order valence-electron chi connectivity index (χ3n) is 4.28. The molecular weight excluding hydrogens is 340 g/mol. The van der Waals surface area contributed by atoms with Gasteiger partial charge in [0.15, 0.2) is 0 Å². The molecule has 0 atom stereocenters. The van der Waals surface area contributed by atoms with Crippen molar-refractivity contribution in [3.05, 3.63) is 60.6 Å². The number of nitrogens with two attached hydrogens (primary N) is 1. The highest BCUT2D eigenvalue weighted by molar-refractivity contribution is 5.90. The van der Waals surface area contributed by atoms with Gasteiger partial charge in [-0.3, -0.25) is 4.79 Å². The summed E-state index contributed by atoms with van der Waals surface area (Å²) in [6.45, 7) is 1.09. The molecule has 0 radical (unpaired) electrons. The van der Waals surface area contributed by atoms with Crippen molar-refractivity contribution in [2.45, 2.75) is 38.7 Å². The number of anilines is 1. The van der Waals surface area contributed by atoms with Gasteiger partial charge < -0.3 is 20.2 Å². The lowest BCUT2D eigenvalue weighted by Crippen LogP contribution is -2.11. The molecule has 27 heavy (non-hydrogen) atoms. The lowest BCUT2D eigenvalue weighted by Gasteiger charge is -2.08. The fourth-order valence-corrected chi connectivity index (χ4v) is 2.88. The number of unbranched alkanes of at least 4 members (excludes halogenated alkanes) is 3. The molecule has 0 bridgehead atoms. The van der Waals surface area contributed by atoms with E-state index in [9.17, 15) is 4.79 Å². The number of benzene rings is 1. The molecule has 142 valence electrons. The lowest BCUT2D eigenvalue weighted by atomic mass is 10.1. The smallest absolute Gasteiger partial charge is 0.224 e. The fourth-order valence-electron chi connectivity index (χ4n) is 2.88. The maximum atomic E-state index is 12.0. The highest BCUT2D eigenvalue weighted by Crippen LogP contribution is 2.19. The molecule has 1 aromatic carbocycles. The number of carbonyl (C=O) groups excluding carboxylic acids is 1. The average molecular weight is 366 g/mol. The normalized spacial score (nSPS) is 10.9. The van der Waals surface area contributed by atoms with Crippen LogP contribution in [0.4, 0.5) is 5.69 Å². The first-order valence-corrected chi connectivity index (χ1v) is 9.40. The number of aromatic nitrogens is 2. The van der Waals surface area contributed by atoms with Crippen LogP contribution in [-0.2, 0) is 11.4 Å². The second kappa shape index (κ2) is 9.73. The molecule has 0 unspecified atom stereocenters. The van der Waals surface area contributed by atoms with Crippen molar-refractivity contribution in [1.29, 1.82) is 0 Å². The van der Waals surface area contributed by atoms with Crippen molar-refractivity contribution in [3.63, 3.8) is 0 Å². The van der Waals surface area contributed by atoms with Crippen molar-refractivity contribution < 1.29 is 9.53 Å². The average Bonchev–Trinajstić information content (AvgIpc) is 3.09. The summed E-state index contributed by atoms with van der Waals surface area (Å²) in [6.07, 6.45) is 8.45. The van der Waals surface area contributed by atoms with E-state index in [0.717, 1.165) is 42.7 Å². The zero-order valence-electron chi connectivity index (χ0n) is 15.4. The Morgan fingerprint density at radius 3 is 2.85 bits per heavy atom. The molecular formula is C21H26N4O2. The molecule has 2 heterocycles. The Balaban J connectivity index is 1.48. The van der Waals surface area contributed by atoms with E-state index in [1.54, 1.807) is 0 Å². The molecule has 0 fully saturated rings. The minimum atomic E-state index is 0.0280. The van der Waals surface area contributed by atoms with Crippen molar-refractivity contribution in [1.82, 2.24) is 9.38 Å². The topological polar surface area (TPSA) is 81.7 Å². The number of hydrogen-bond donors (Lipinski definition) is 2. The van der Waals surface area contributed by atoms with E-state index < -0.39 is 0 Å². The Kier molecular flexibility index (Phi) is 6.82. The van der Waals surface area contributed by atoms with Crippen LogP contribution in [0.3, 0.4) is 0 Å². The number of nitrogens with zero attached hydrogens (tertiary/aromatic N) is 2. The standard InChI is InChI=1S/C21H26N4O2/c22-12-5-2-1-3-11-21(26)24-17-8-7-9-19(14-17)27-16-18-15-25-13-6-4-10-20(25)23-18/h4,6-10,13-15H,1-3,5,11-12,16,22H2,(H,24,26). The van der Waals surface area contributed by atoms with Gasteiger partial charge in [0.2, 0.25) is 5.91 Å². The molecule has 0 aliphatic carbocycles. The Morgan fingerprint density at radius 2 is 2.00 bits per heavy atom. The first kappa shape index (κ1) is 18.9. The molecule has 6 heteroatoms. The van der Waals surface area contributed by atoms with E-state index in [2.05, 4.69) is 10.3 Å². The fraction of sp³-hybridized carbons (Fsp3) is 0.333. The van der Waals surface area contributed by atoms with Gasteiger partial charge in [-0.05, 0) is 43.7 Å². The van der Waals surface area contributed by atoms with Gasteiger partial charge in [-0.25, -0.2) is 4.98 Å². The molecule has 0 aliphatic heterocycles. The van der Waals surface area contributed by atoms with E-state index >= 15 is 0 Å². The Bertz CT molecular complexity index is 842. The van der Waals surface area contributed by atoms with Gasteiger partial charge in [0.25, 0.3) is 0 Å². The van der Waals surface area contributed by atoms with Crippen molar-refractivity contribution in [2.24, 2.45) is 5.73 Å². The van der Waals surface area contributed by atoms with Crippen LogP contribution < -0.4 is 15.8 Å². The quantitative estimate of drug-likeness (QED) is 0.535. The SMILES string of the molecule is NCCCCCCC(=O)Nc1cccc(OCc2cn3ccccc3n2)c1. The highest BCUT2D eigenvalue weighted by Gasteiger charge is 2.05. The minimum absolute atomic E-state index is 0.0280. The van der Waals surface area contributed by atoms with Crippen molar-refractivity contribution >= 4 is 17.2 Å². The van der Waals surface area contributed by atoms with Crippen LogP contribution in [0.2, 0.25) is 0 Å². The molecule has 0 aliphatic rings. The van der Waals surface area contributed by atoms with Crippen LogP contribution in [0.5, 0.6) is 5.75 Å². The number of ether oxygens (including phenoxy) is 1. The molecule has 2 aromatic heterocycles. The van der Waals surface area contributed by atoms with Crippen LogP contribution in [0.15, 0.2) is 54.9 Å². The lowest BCUT2D eigenvalue weighted by molar-refractivity contribution is -0.116. The maximum Gasteiger partial charge on any atom is 0.224 e. The number of fused-ring (bicyclic) bond motifs is 1. The van der Waals surface area contributed by atoms with Gasteiger partial charge in [0.1, 0.15) is 18.0 Å². The summed E-state index contributed by atoms with van der Waals surface area (Å²) in [4.78, 5) is 16.6. The summed E-state index contributed by atoms with van der Waals surface area (Å²) in [7, 11) is 0. The van der Waals surface area contributed by atoms with Crippen LogP contribution in [0.1, 0.15) is 37.8 Å². The zero-order valence-corrected chi connectivity index (χ0v) is 15.4. The molecule has 0 spiro atoms. The summed E-state index contributed by atoms with van der Waals surface area (Å²) in [5.74, 6) is 0.730. The molecule has 6 nitrogen and oxygen atoms in total. The predicted octanol–water partition coefficient (Wildman–Crippen LogP) is 3.76. The molecule has 0 saturated heterocycles. The second-order valence-electron chi connectivity index (χ2n) is 6.52. The van der Waals surface area contributed by atoms with Gasteiger partial charge in [0, 0.05) is 30.6 Å². The summed E-state index contributed by atoms with van der Waals surface area (Å²) < 4.78 is 7.79. The third kappa shape index (κ3) is 5.82. The van der Waals surface area contributed by atoms with E-state index in [0.29, 0.717) is 25.3 Å². The number of carbonyl (C=O) groups is 1. The number of rotatable bonds is 10. The summed E-state index contributed by atoms with van der Waals surface area (Å²) >= 11 is 0. The number of amides is 1. The monoisotopic (exact) mass is 366 g/mol.